The number of nitrogens with zero attached hydrogens (tertiary/aromatic N) is 4. The first-order valence-electron chi connectivity index (χ1n) is 8.02. The van der Waals surface area contributed by atoms with Gasteiger partial charge in [-0.3, -0.25) is 9.78 Å². The molecule has 0 radical (unpaired) electrons. The van der Waals surface area contributed by atoms with Gasteiger partial charge in [0, 0.05) is 6.20 Å². The average Bonchev–Trinajstić information content (AvgIpc) is 3.32. The summed E-state index contributed by atoms with van der Waals surface area (Å²) in [6.45, 7) is 0. The summed E-state index contributed by atoms with van der Waals surface area (Å²) in [5, 5.41) is 17.3. The number of aromatic carboxylic acids is 1. The molecule has 1 aliphatic rings. The van der Waals surface area contributed by atoms with Crippen LogP contribution < -0.4 is 5.73 Å². The largest absolute Gasteiger partial charge is 0.478 e. The summed E-state index contributed by atoms with van der Waals surface area (Å²) in [5.41, 5.74) is 7.58. The second-order valence-corrected chi connectivity index (χ2v) is 6.28. The van der Waals surface area contributed by atoms with Gasteiger partial charge in [0.25, 0.3) is 0 Å². The predicted octanol–water partition coefficient (Wildman–Crippen LogP) is 1.54. The third-order valence-electron chi connectivity index (χ3n) is 4.65. The summed E-state index contributed by atoms with van der Waals surface area (Å²) in [4.78, 5) is 27.0. The average molecular weight is 349 g/mol. The number of benzene rings is 1. The number of hydrogen-bond acceptors (Lipinski definition) is 5. The van der Waals surface area contributed by atoms with Crippen molar-refractivity contribution in [1.29, 1.82) is 0 Å². The molecule has 1 aliphatic carbocycles. The van der Waals surface area contributed by atoms with Gasteiger partial charge >= 0.3 is 5.97 Å². The van der Waals surface area contributed by atoms with E-state index in [2.05, 4.69) is 15.3 Å². The van der Waals surface area contributed by atoms with Crippen LogP contribution in [0.2, 0.25) is 0 Å². The summed E-state index contributed by atoms with van der Waals surface area (Å²) in [5.74, 6) is -1.35. The van der Waals surface area contributed by atoms with Crippen LogP contribution in [-0.4, -0.2) is 37.0 Å². The second kappa shape index (κ2) is 5.76. The Morgan fingerprint density at radius 2 is 1.96 bits per heavy atom. The van der Waals surface area contributed by atoms with Gasteiger partial charge < -0.3 is 10.8 Å². The molecule has 8 nitrogen and oxygen atoms in total. The summed E-state index contributed by atoms with van der Waals surface area (Å²) >= 11 is 0. The molecule has 8 heteroatoms. The molecule has 1 saturated carbocycles. The first-order valence-corrected chi connectivity index (χ1v) is 8.02. The van der Waals surface area contributed by atoms with Gasteiger partial charge in [-0.25, -0.2) is 9.48 Å². The van der Waals surface area contributed by atoms with Crippen LogP contribution in [0.1, 0.15) is 28.8 Å². The number of primary amides is 1. The van der Waals surface area contributed by atoms with Crippen LogP contribution in [0, 0.1) is 0 Å². The molecule has 26 heavy (non-hydrogen) atoms. The summed E-state index contributed by atoms with van der Waals surface area (Å²) in [6.07, 6.45) is 4.58. The smallest absolute Gasteiger partial charge is 0.335 e. The first-order chi connectivity index (χ1) is 12.5. The van der Waals surface area contributed by atoms with E-state index in [1.54, 1.807) is 10.9 Å². The summed E-state index contributed by atoms with van der Waals surface area (Å²) in [6, 6.07) is 10.3. The third-order valence-corrected chi connectivity index (χ3v) is 4.65. The van der Waals surface area contributed by atoms with Crippen molar-refractivity contribution in [3.05, 3.63) is 59.9 Å². The molecule has 0 unspecified atom stereocenters. The topological polar surface area (TPSA) is 124 Å². The zero-order chi connectivity index (χ0) is 18.3. The Balaban J connectivity index is 1.68. The fourth-order valence-corrected chi connectivity index (χ4v) is 2.96. The number of carbonyl (C=O) groups is 2. The number of rotatable bonds is 5. The first kappa shape index (κ1) is 15.9. The summed E-state index contributed by atoms with van der Waals surface area (Å²) in [7, 11) is 0. The second-order valence-electron chi connectivity index (χ2n) is 6.28. The van der Waals surface area contributed by atoms with Crippen molar-refractivity contribution in [3.63, 3.8) is 0 Å². The number of nitrogens with two attached hydrogens (primary N) is 1. The number of hydrogen-bond donors (Lipinski definition) is 2. The number of carbonyl (C=O) groups excluding carboxylic acids is 1. The van der Waals surface area contributed by atoms with E-state index in [0.29, 0.717) is 11.4 Å². The van der Waals surface area contributed by atoms with Crippen molar-refractivity contribution in [2.45, 2.75) is 18.3 Å². The lowest BCUT2D eigenvalue weighted by Crippen LogP contribution is -2.28. The number of carboxylic acids is 1. The van der Waals surface area contributed by atoms with E-state index in [4.69, 9.17) is 10.8 Å². The maximum absolute atomic E-state index is 11.7. The Morgan fingerprint density at radius 1 is 1.15 bits per heavy atom. The number of amides is 1. The van der Waals surface area contributed by atoms with Crippen LogP contribution in [0.25, 0.3) is 17.1 Å². The third kappa shape index (κ3) is 2.61. The van der Waals surface area contributed by atoms with Crippen molar-refractivity contribution >= 4 is 11.9 Å². The molecule has 0 saturated heterocycles. The standard InChI is InChI=1S/C18H15N5O3/c19-17(26)18(5-6-18)12-2-1-3-13(9-12)23-10-15(21-22-23)14-8-11(16(24)25)4-7-20-14/h1-4,7-10H,5-6H2,(H2,19,26)(H,24,25). The van der Waals surface area contributed by atoms with Crippen molar-refractivity contribution in [1.82, 2.24) is 20.0 Å². The zero-order valence-electron chi connectivity index (χ0n) is 13.7. The minimum atomic E-state index is -1.03. The zero-order valence-corrected chi connectivity index (χ0v) is 13.7. The maximum atomic E-state index is 11.7. The maximum Gasteiger partial charge on any atom is 0.335 e. The molecule has 2 heterocycles. The van der Waals surface area contributed by atoms with Crippen molar-refractivity contribution in [2.75, 3.05) is 0 Å². The number of carboxylic acid groups (broad SMARTS) is 1. The van der Waals surface area contributed by atoms with Crippen LogP contribution in [-0.2, 0) is 10.2 Å². The molecule has 3 N–H and O–H groups in total. The molecule has 0 bridgehead atoms. The van der Waals surface area contributed by atoms with Gasteiger partial charge in [-0.2, -0.15) is 0 Å². The van der Waals surface area contributed by atoms with E-state index in [1.165, 1.54) is 18.3 Å². The van der Waals surface area contributed by atoms with Crippen molar-refractivity contribution < 1.29 is 14.7 Å². The highest BCUT2D eigenvalue weighted by molar-refractivity contribution is 5.90. The van der Waals surface area contributed by atoms with Crippen molar-refractivity contribution in [2.24, 2.45) is 5.73 Å². The SMILES string of the molecule is NC(=O)C1(c2cccc(-n3cc(-c4cc(C(=O)O)ccn4)nn3)c2)CC1. The van der Waals surface area contributed by atoms with Gasteiger partial charge in [0.2, 0.25) is 5.91 Å². The fourth-order valence-electron chi connectivity index (χ4n) is 2.96. The molecule has 4 rings (SSSR count). The molecule has 1 aromatic carbocycles. The van der Waals surface area contributed by atoms with Crippen LogP contribution in [0.3, 0.4) is 0 Å². The van der Waals surface area contributed by atoms with Crippen LogP contribution in [0.4, 0.5) is 0 Å². The number of aromatic nitrogens is 4. The normalized spacial score (nSPS) is 14.8. The van der Waals surface area contributed by atoms with Gasteiger partial charge in [0.05, 0.1) is 28.6 Å². The molecule has 0 aliphatic heterocycles. The minimum absolute atomic E-state index is 0.128. The molecule has 1 fully saturated rings. The van der Waals surface area contributed by atoms with Crippen LogP contribution in [0.5, 0.6) is 0 Å². The molecule has 2 aromatic heterocycles. The summed E-state index contributed by atoms with van der Waals surface area (Å²) < 4.78 is 1.56. The predicted molar refractivity (Wildman–Crippen MR) is 91.7 cm³/mol. The molecule has 130 valence electrons. The van der Waals surface area contributed by atoms with E-state index in [-0.39, 0.29) is 11.5 Å². The Hall–Kier alpha value is -3.55. The lowest BCUT2D eigenvalue weighted by Gasteiger charge is -2.12. The van der Waals surface area contributed by atoms with Crippen molar-refractivity contribution in [3.8, 4) is 17.1 Å². The minimum Gasteiger partial charge on any atom is -0.478 e. The Morgan fingerprint density at radius 3 is 2.65 bits per heavy atom. The Bertz CT molecular complexity index is 1020. The van der Waals surface area contributed by atoms with Crippen LogP contribution >= 0.6 is 0 Å². The van der Waals surface area contributed by atoms with Gasteiger partial charge in [0.1, 0.15) is 5.69 Å². The Labute approximate surface area is 148 Å². The van der Waals surface area contributed by atoms with E-state index < -0.39 is 11.4 Å². The van der Waals surface area contributed by atoms with E-state index in [1.807, 2.05) is 24.3 Å². The molecule has 1 amide bonds. The van der Waals surface area contributed by atoms with Crippen LogP contribution in [0.15, 0.2) is 48.8 Å². The van der Waals surface area contributed by atoms with Gasteiger partial charge in [-0.15, -0.1) is 5.10 Å². The Kier molecular flexibility index (Phi) is 3.54. The highest BCUT2D eigenvalue weighted by Gasteiger charge is 2.50. The molecule has 0 spiro atoms. The van der Waals surface area contributed by atoms with Gasteiger partial charge in [-0.05, 0) is 42.7 Å². The molecule has 3 aromatic rings. The highest BCUT2D eigenvalue weighted by Crippen LogP contribution is 2.48. The van der Waals surface area contributed by atoms with E-state index >= 15 is 0 Å². The molecular formula is C18H15N5O3. The van der Waals surface area contributed by atoms with Gasteiger partial charge in [0.15, 0.2) is 0 Å². The highest BCUT2D eigenvalue weighted by atomic mass is 16.4. The van der Waals surface area contributed by atoms with Gasteiger partial charge in [-0.1, -0.05) is 17.3 Å². The lowest BCUT2D eigenvalue weighted by atomic mass is 9.95. The quantitative estimate of drug-likeness (QED) is 0.720. The van der Waals surface area contributed by atoms with E-state index in [0.717, 1.165) is 24.1 Å². The lowest BCUT2D eigenvalue weighted by molar-refractivity contribution is -0.120. The fraction of sp³-hybridized carbons (Fsp3) is 0.167. The molecular weight excluding hydrogens is 334 g/mol. The number of pyridine rings is 1. The molecule has 0 atom stereocenters. The monoisotopic (exact) mass is 349 g/mol. The van der Waals surface area contributed by atoms with E-state index in [9.17, 15) is 9.59 Å².